The van der Waals surface area contributed by atoms with Gasteiger partial charge in [-0.25, -0.2) is 0 Å². The Morgan fingerprint density at radius 3 is 1.70 bits per heavy atom. The van der Waals surface area contributed by atoms with Crippen LogP contribution in [-0.4, -0.2) is 10.5 Å². The Hall–Kier alpha value is -2.16. The van der Waals surface area contributed by atoms with Crippen LogP contribution in [0.3, 0.4) is 0 Å². The highest BCUT2D eigenvalue weighted by Gasteiger charge is 2.35. The van der Waals surface area contributed by atoms with Crippen LogP contribution in [0.2, 0.25) is 0 Å². The Kier molecular flexibility index (Phi) is 4.18. The molecule has 0 unspecified atom stereocenters. The van der Waals surface area contributed by atoms with Crippen LogP contribution in [0.4, 0.5) is 0 Å². The van der Waals surface area contributed by atoms with E-state index in [-0.39, 0.29) is 10.8 Å². The van der Waals surface area contributed by atoms with Crippen molar-refractivity contribution in [2.45, 2.75) is 31.7 Å². The van der Waals surface area contributed by atoms with Gasteiger partial charge in [-0.2, -0.15) is 0 Å². The van der Waals surface area contributed by atoms with Gasteiger partial charge in [0.05, 0.1) is 0 Å². The molecule has 3 heteroatoms. The summed E-state index contributed by atoms with van der Waals surface area (Å²) in [5.74, 6) is 0.0396. The lowest BCUT2D eigenvalue weighted by Gasteiger charge is -2.24. The molecule has 0 heterocycles. The minimum Gasteiger partial charge on any atom is -0.264 e. The first-order chi connectivity index (χ1) is 9.50. The Morgan fingerprint density at radius 2 is 1.35 bits per heavy atom. The third-order valence-electron chi connectivity index (χ3n) is 3.60. The Labute approximate surface area is 119 Å². The maximum atomic E-state index is 11.2. The maximum absolute atomic E-state index is 11.2. The monoisotopic (exact) mass is 269 g/mol. The lowest BCUT2D eigenvalue weighted by molar-refractivity contribution is -0.561. The van der Waals surface area contributed by atoms with Crippen molar-refractivity contribution in [3.05, 3.63) is 81.9 Å². The molecule has 0 bridgehead atoms. The van der Waals surface area contributed by atoms with Crippen LogP contribution in [0.5, 0.6) is 0 Å². The van der Waals surface area contributed by atoms with Crippen LogP contribution < -0.4 is 0 Å². The van der Waals surface area contributed by atoms with Crippen molar-refractivity contribution in [3.63, 3.8) is 0 Å². The summed E-state index contributed by atoms with van der Waals surface area (Å²) in [6, 6.07) is 20.0. The summed E-state index contributed by atoms with van der Waals surface area (Å²) in [4.78, 5) is 11.0. The third-order valence-corrected chi connectivity index (χ3v) is 3.60. The second-order valence-corrected chi connectivity index (χ2v) is 5.65. The normalized spacial score (nSPS) is 11.6. The number of nitro groups is 1. The Balaban J connectivity index is 2.38. The van der Waals surface area contributed by atoms with Gasteiger partial charge in [0.1, 0.15) is 0 Å². The van der Waals surface area contributed by atoms with Gasteiger partial charge in [0.15, 0.2) is 0 Å². The standard InChI is InChI=1S/C17H19NO2/c1-17(2,18(19)20)13-16(14-9-5-3-6-10-14)15-11-7-4-8-12-15/h3-12,16H,13H2,1-2H3. The molecule has 0 aliphatic heterocycles. The van der Waals surface area contributed by atoms with Crippen LogP contribution in [0.15, 0.2) is 60.7 Å². The molecule has 20 heavy (non-hydrogen) atoms. The van der Waals surface area contributed by atoms with Crippen molar-refractivity contribution in [2.75, 3.05) is 0 Å². The zero-order chi connectivity index (χ0) is 14.6. The number of hydrogen-bond donors (Lipinski definition) is 0. The van der Waals surface area contributed by atoms with Gasteiger partial charge in [0, 0.05) is 31.1 Å². The van der Waals surface area contributed by atoms with Gasteiger partial charge in [-0.05, 0) is 11.1 Å². The molecule has 2 aromatic carbocycles. The summed E-state index contributed by atoms with van der Waals surface area (Å²) < 4.78 is 0. The maximum Gasteiger partial charge on any atom is 0.217 e. The van der Waals surface area contributed by atoms with Crippen LogP contribution in [0.1, 0.15) is 37.3 Å². The summed E-state index contributed by atoms with van der Waals surface area (Å²) in [6.07, 6.45) is 0.480. The average molecular weight is 269 g/mol. The molecule has 0 saturated heterocycles. The molecule has 104 valence electrons. The molecule has 0 aromatic heterocycles. The van der Waals surface area contributed by atoms with E-state index >= 15 is 0 Å². The molecular formula is C17H19NO2. The highest BCUT2D eigenvalue weighted by molar-refractivity contribution is 5.32. The van der Waals surface area contributed by atoms with Crippen molar-refractivity contribution < 1.29 is 4.92 Å². The highest BCUT2D eigenvalue weighted by atomic mass is 16.6. The fourth-order valence-corrected chi connectivity index (χ4v) is 2.37. The number of rotatable bonds is 5. The van der Waals surface area contributed by atoms with Gasteiger partial charge in [0.2, 0.25) is 5.54 Å². The first-order valence-electron chi connectivity index (χ1n) is 6.75. The molecule has 0 amide bonds. The van der Waals surface area contributed by atoms with Crippen molar-refractivity contribution in [1.82, 2.24) is 0 Å². The Bertz CT molecular complexity index is 525. The molecular weight excluding hydrogens is 250 g/mol. The minimum atomic E-state index is -0.948. The van der Waals surface area contributed by atoms with Crippen LogP contribution >= 0.6 is 0 Å². The first kappa shape index (κ1) is 14.3. The van der Waals surface area contributed by atoms with E-state index in [0.29, 0.717) is 6.42 Å². The zero-order valence-corrected chi connectivity index (χ0v) is 11.8. The van der Waals surface area contributed by atoms with Gasteiger partial charge >= 0.3 is 0 Å². The van der Waals surface area contributed by atoms with E-state index in [1.807, 2.05) is 60.7 Å². The number of hydrogen-bond acceptors (Lipinski definition) is 2. The summed E-state index contributed by atoms with van der Waals surface area (Å²) in [6.45, 7) is 3.37. The molecule has 0 saturated carbocycles. The van der Waals surface area contributed by atoms with Gasteiger partial charge in [-0.1, -0.05) is 60.7 Å². The SMILES string of the molecule is CC(C)(CC(c1ccccc1)c1ccccc1)[N+](=O)[O-]. The second-order valence-electron chi connectivity index (χ2n) is 5.65. The molecule has 0 radical (unpaired) electrons. The second kappa shape index (κ2) is 5.87. The van der Waals surface area contributed by atoms with Crippen LogP contribution in [0, 0.1) is 10.1 Å². The minimum absolute atomic E-state index is 0.0396. The fourth-order valence-electron chi connectivity index (χ4n) is 2.37. The van der Waals surface area contributed by atoms with Crippen LogP contribution in [0.25, 0.3) is 0 Å². The van der Waals surface area contributed by atoms with Gasteiger partial charge in [0.25, 0.3) is 0 Å². The van der Waals surface area contributed by atoms with Crippen molar-refractivity contribution in [3.8, 4) is 0 Å². The summed E-state index contributed by atoms with van der Waals surface area (Å²) in [5, 5.41) is 11.2. The van der Waals surface area contributed by atoms with Gasteiger partial charge < -0.3 is 0 Å². The van der Waals surface area contributed by atoms with Gasteiger partial charge in [-0.3, -0.25) is 10.1 Å². The quantitative estimate of drug-likeness (QED) is 0.601. The predicted molar refractivity (Wildman–Crippen MR) is 80.4 cm³/mol. The predicted octanol–water partition coefficient (Wildman–Crippen LogP) is 4.26. The fraction of sp³-hybridized carbons (Fsp3) is 0.294. The molecule has 3 nitrogen and oxygen atoms in total. The van der Waals surface area contributed by atoms with Crippen LogP contribution in [-0.2, 0) is 0 Å². The van der Waals surface area contributed by atoms with Crippen molar-refractivity contribution >= 4 is 0 Å². The van der Waals surface area contributed by atoms with E-state index in [9.17, 15) is 10.1 Å². The van der Waals surface area contributed by atoms with E-state index in [1.54, 1.807) is 13.8 Å². The topological polar surface area (TPSA) is 43.1 Å². The lowest BCUT2D eigenvalue weighted by Crippen LogP contribution is -2.33. The van der Waals surface area contributed by atoms with E-state index in [0.717, 1.165) is 11.1 Å². The lowest BCUT2D eigenvalue weighted by atomic mass is 9.82. The largest absolute Gasteiger partial charge is 0.264 e. The Morgan fingerprint density at radius 1 is 0.950 bits per heavy atom. The highest BCUT2D eigenvalue weighted by Crippen LogP contribution is 2.33. The summed E-state index contributed by atoms with van der Waals surface area (Å²) in [5.41, 5.74) is 1.29. The smallest absolute Gasteiger partial charge is 0.217 e. The van der Waals surface area contributed by atoms with E-state index in [2.05, 4.69) is 0 Å². The van der Waals surface area contributed by atoms with E-state index in [1.165, 1.54) is 0 Å². The summed E-state index contributed by atoms with van der Waals surface area (Å²) >= 11 is 0. The van der Waals surface area contributed by atoms with Crippen molar-refractivity contribution in [1.29, 1.82) is 0 Å². The molecule has 2 rings (SSSR count). The molecule has 0 N–H and O–H groups in total. The number of nitrogens with zero attached hydrogens (tertiary/aromatic N) is 1. The van der Waals surface area contributed by atoms with Gasteiger partial charge in [-0.15, -0.1) is 0 Å². The zero-order valence-electron chi connectivity index (χ0n) is 11.8. The van der Waals surface area contributed by atoms with E-state index < -0.39 is 5.54 Å². The van der Waals surface area contributed by atoms with E-state index in [4.69, 9.17) is 0 Å². The first-order valence-corrected chi connectivity index (χ1v) is 6.75. The molecule has 0 aliphatic carbocycles. The van der Waals surface area contributed by atoms with Crippen molar-refractivity contribution in [2.24, 2.45) is 0 Å². The molecule has 2 aromatic rings. The average Bonchev–Trinajstić information content (AvgIpc) is 2.46. The number of benzene rings is 2. The molecule has 0 aliphatic rings. The third kappa shape index (κ3) is 3.23. The molecule has 0 fully saturated rings. The molecule has 0 atom stereocenters. The molecule has 0 spiro atoms. The summed E-state index contributed by atoms with van der Waals surface area (Å²) in [7, 11) is 0.